The second-order valence-electron chi connectivity index (χ2n) is 12.4. The minimum atomic E-state index is 0.605. The van der Waals surface area contributed by atoms with Crippen LogP contribution in [0, 0.1) is 0 Å². The lowest BCUT2D eigenvalue weighted by molar-refractivity contribution is 0.669. The highest BCUT2D eigenvalue weighted by molar-refractivity contribution is 6.15. The predicted molar refractivity (Wildman–Crippen MR) is 201 cm³/mol. The van der Waals surface area contributed by atoms with Crippen LogP contribution in [0.15, 0.2) is 168 Å². The summed E-state index contributed by atoms with van der Waals surface area (Å²) in [5.74, 6) is 1.85. The molecule has 2 heterocycles. The number of rotatable bonds is 4. The molecule has 228 valence electrons. The van der Waals surface area contributed by atoms with E-state index >= 15 is 0 Å². The maximum Gasteiger partial charge on any atom is 0.164 e. The van der Waals surface area contributed by atoms with Crippen LogP contribution in [0.1, 0.15) is 0 Å². The summed E-state index contributed by atoms with van der Waals surface area (Å²) < 4.78 is 6.26. The third kappa shape index (κ3) is 4.57. The van der Waals surface area contributed by atoms with Crippen LogP contribution in [0.2, 0.25) is 0 Å². The van der Waals surface area contributed by atoms with Crippen molar-refractivity contribution in [1.29, 1.82) is 0 Å². The molecule has 0 amide bonds. The van der Waals surface area contributed by atoms with E-state index in [1.54, 1.807) is 0 Å². The van der Waals surface area contributed by atoms with Gasteiger partial charge < -0.3 is 4.42 Å². The van der Waals surface area contributed by atoms with Gasteiger partial charge in [-0.25, -0.2) is 15.0 Å². The van der Waals surface area contributed by atoms with Crippen molar-refractivity contribution in [2.24, 2.45) is 0 Å². The van der Waals surface area contributed by atoms with E-state index in [1.807, 2.05) is 30.3 Å². The van der Waals surface area contributed by atoms with Gasteiger partial charge in [0.15, 0.2) is 17.5 Å². The summed E-state index contributed by atoms with van der Waals surface area (Å²) in [6.45, 7) is 0. The zero-order valence-corrected chi connectivity index (χ0v) is 26.3. The second-order valence-corrected chi connectivity index (χ2v) is 12.4. The number of para-hydroxylation sites is 1. The van der Waals surface area contributed by atoms with Crippen molar-refractivity contribution in [2.75, 3.05) is 0 Å². The van der Waals surface area contributed by atoms with Crippen molar-refractivity contribution in [1.82, 2.24) is 15.0 Å². The number of hydrogen-bond acceptors (Lipinski definition) is 4. The Morgan fingerprint density at radius 2 is 0.939 bits per heavy atom. The molecule has 10 rings (SSSR count). The highest BCUT2D eigenvalue weighted by Gasteiger charge is 2.18. The summed E-state index contributed by atoms with van der Waals surface area (Å²) in [4.78, 5) is 15.5. The van der Waals surface area contributed by atoms with Gasteiger partial charge in [-0.05, 0) is 67.7 Å². The number of hydrogen-bond donors (Lipinski definition) is 0. The van der Waals surface area contributed by atoms with Crippen LogP contribution in [0.3, 0.4) is 0 Å². The van der Waals surface area contributed by atoms with Crippen molar-refractivity contribution in [3.8, 4) is 45.3 Å². The molecule has 49 heavy (non-hydrogen) atoms. The summed E-state index contributed by atoms with van der Waals surface area (Å²) >= 11 is 0. The van der Waals surface area contributed by atoms with Crippen molar-refractivity contribution < 1.29 is 4.42 Å². The Morgan fingerprint density at radius 1 is 0.327 bits per heavy atom. The summed E-state index contributed by atoms with van der Waals surface area (Å²) in [5.41, 5.74) is 6.80. The zero-order chi connectivity index (χ0) is 32.3. The molecule has 0 aliphatic heterocycles. The van der Waals surface area contributed by atoms with E-state index in [1.165, 1.54) is 32.7 Å². The second kappa shape index (κ2) is 11.0. The number of aromatic nitrogens is 3. The molecule has 2 aromatic heterocycles. The van der Waals surface area contributed by atoms with Gasteiger partial charge >= 0.3 is 0 Å². The highest BCUT2D eigenvalue weighted by Crippen LogP contribution is 2.39. The molecular formula is C45H27N3O. The van der Waals surface area contributed by atoms with E-state index < -0.39 is 0 Å². The predicted octanol–water partition coefficient (Wildman–Crippen LogP) is 11.9. The van der Waals surface area contributed by atoms with Gasteiger partial charge in [0, 0.05) is 27.5 Å². The molecule has 0 radical (unpaired) electrons. The Hall–Kier alpha value is -6.65. The van der Waals surface area contributed by atoms with Gasteiger partial charge in [-0.2, -0.15) is 0 Å². The minimum absolute atomic E-state index is 0.605. The molecule has 0 fully saturated rings. The number of fused-ring (bicyclic) bond motifs is 7. The SMILES string of the molecule is c1ccc(-c2cccc3ccc4ccc(-c5nc(-c6ccc7ccccc7c6)nc(-c6cccc7oc8ccccc8c67)n5)cc4c23)cc1. The van der Waals surface area contributed by atoms with Crippen LogP contribution in [-0.4, -0.2) is 15.0 Å². The van der Waals surface area contributed by atoms with E-state index in [0.717, 1.165) is 49.4 Å². The zero-order valence-electron chi connectivity index (χ0n) is 26.3. The first kappa shape index (κ1) is 27.5. The van der Waals surface area contributed by atoms with Gasteiger partial charge in [0.1, 0.15) is 11.2 Å². The topological polar surface area (TPSA) is 51.8 Å². The average molecular weight is 626 g/mol. The first-order valence-corrected chi connectivity index (χ1v) is 16.4. The molecule has 0 spiro atoms. The molecule has 0 atom stereocenters. The quantitative estimate of drug-likeness (QED) is 0.183. The van der Waals surface area contributed by atoms with Crippen LogP contribution in [0.25, 0.3) is 99.5 Å². The largest absolute Gasteiger partial charge is 0.456 e. The Morgan fingerprint density at radius 3 is 1.82 bits per heavy atom. The van der Waals surface area contributed by atoms with Crippen LogP contribution in [0.5, 0.6) is 0 Å². The maximum absolute atomic E-state index is 6.26. The number of benzene rings is 8. The van der Waals surface area contributed by atoms with Crippen LogP contribution < -0.4 is 0 Å². The third-order valence-electron chi connectivity index (χ3n) is 9.49. The van der Waals surface area contributed by atoms with Gasteiger partial charge in [-0.3, -0.25) is 0 Å². The molecule has 0 bridgehead atoms. The molecule has 0 saturated carbocycles. The monoisotopic (exact) mass is 625 g/mol. The first-order chi connectivity index (χ1) is 24.3. The highest BCUT2D eigenvalue weighted by atomic mass is 16.3. The number of furan rings is 1. The van der Waals surface area contributed by atoms with E-state index in [9.17, 15) is 0 Å². The Balaban J connectivity index is 1.24. The van der Waals surface area contributed by atoms with E-state index in [2.05, 4.69) is 133 Å². The summed E-state index contributed by atoms with van der Waals surface area (Å²) in [5, 5.41) is 9.07. The van der Waals surface area contributed by atoms with E-state index in [4.69, 9.17) is 19.4 Å². The molecule has 0 aliphatic rings. The fraction of sp³-hybridized carbons (Fsp3) is 0. The fourth-order valence-electron chi connectivity index (χ4n) is 7.15. The molecule has 0 saturated heterocycles. The van der Waals surface area contributed by atoms with Gasteiger partial charge in [0.2, 0.25) is 0 Å². The molecule has 4 heteroatoms. The number of nitrogens with zero attached hydrogens (tertiary/aromatic N) is 3. The smallest absolute Gasteiger partial charge is 0.164 e. The molecule has 4 nitrogen and oxygen atoms in total. The lowest BCUT2D eigenvalue weighted by atomic mass is 9.93. The van der Waals surface area contributed by atoms with Crippen molar-refractivity contribution in [3.05, 3.63) is 164 Å². The Labute approximate surface area is 282 Å². The first-order valence-electron chi connectivity index (χ1n) is 16.4. The maximum atomic E-state index is 6.26. The molecule has 8 aromatic carbocycles. The fourth-order valence-corrected chi connectivity index (χ4v) is 7.15. The molecule has 0 N–H and O–H groups in total. The van der Waals surface area contributed by atoms with Crippen molar-refractivity contribution in [2.45, 2.75) is 0 Å². The minimum Gasteiger partial charge on any atom is -0.456 e. The van der Waals surface area contributed by atoms with Gasteiger partial charge in [0.05, 0.1) is 0 Å². The molecule has 10 aromatic rings. The lowest BCUT2D eigenvalue weighted by Gasteiger charge is -2.13. The molecular weight excluding hydrogens is 599 g/mol. The standard InChI is InChI=1S/C45H27N3O/c1-2-11-29(12-3-1)35-16-8-14-31-23-21-30-22-25-34(27-38(30)41(31)35)44-46-43(33-24-20-28-10-4-5-13-32(28)26-33)47-45(48-44)37-17-9-19-40-42(37)36-15-6-7-18-39(36)49-40/h1-27H. The van der Waals surface area contributed by atoms with Crippen LogP contribution in [0.4, 0.5) is 0 Å². The van der Waals surface area contributed by atoms with Crippen molar-refractivity contribution in [3.63, 3.8) is 0 Å². The average Bonchev–Trinajstić information content (AvgIpc) is 3.56. The van der Waals surface area contributed by atoms with Crippen molar-refractivity contribution >= 4 is 54.3 Å². The van der Waals surface area contributed by atoms with Gasteiger partial charge in [0.25, 0.3) is 0 Å². The Bertz CT molecular complexity index is 2890. The summed E-state index contributed by atoms with van der Waals surface area (Å²) in [6.07, 6.45) is 0. The Kier molecular flexibility index (Phi) is 6.15. The molecule has 0 aliphatic carbocycles. The summed E-state index contributed by atoms with van der Waals surface area (Å²) in [7, 11) is 0. The van der Waals surface area contributed by atoms with Gasteiger partial charge in [-0.15, -0.1) is 0 Å². The third-order valence-corrected chi connectivity index (χ3v) is 9.49. The van der Waals surface area contributed by atoms with Crippen LogP contribution >= 0.6 is 0 Å². The molecule has 0 unspecified atom stereocenters. The summed E-state index contributed by atoms with van der Waals surface area (Å²) in [6, 6.07) is 57.0. The van der Waals surface area contributed by atoms with E-state index in [0.29, 0.717) is 17.5 Å². The van der Waals surface area contributed by atoms with Gasteiger partial charge in [-0.1, -0.05) is 140 Å². The van der Waals surface area contributed by atoms with Crippen LogP contribution in [-0.2, 0) is 0 Å². The van der Waals surface area contributed by atoms with E-state index in [-0.39, 0.29) is 0 Å². The normalized spacial score (nSPS) is 11.7. The lowest BCUT2D eigenvalue weighted by Crippen LogP contribution is -2.00.